The molecule has 156 valence electrons. The number of nitrogens with zero attached hydrogens (tertiary/aromatic N) is 3. The number of hydrogen-bond acceptors (Lipinski definition) is 5. The average molecular weight is 426 g/mol. The molecule has 0 amide bonds. The molecule has 0 aliphatic rings. The zero-order valence-electron chi connectivity index (χ0n) is 17.5. The number of nitrogens with one attached hydrogen (secondary N) is 4. The van der Waals surface area contributed by atoms with E-state index in [2.05, 4.69) is 56.2 Å². The zero-order chi connectivity index (χ0) is 21.1. The van der Waals surface area contributed by atoms with E-state index >= 15 is 0 Å². The van der Waals surface area contributed by atoms with Crippen LogP contribution in [0.5, 0.6) is 0 Å². The Hall–Kier alpha value is -2.04. The Bertz CT molecular complexity index is 741. The molecule has 1 aromatic rings. The van der Waals surface area contributed by atoms with Crippen molar-refractivity contribution < 1.29 is 4.74 Å². The van der Waals surface area contributed by atoms with E-state index in [-0.39, 0.29) is 0 Å². The van der Waals surface area contributed by atoms with E-state index in [0.29, 0.717) is 21.6 Å². The van der Waals surface area contributed by atoms with Crippen LogP contribution in [0, 0.1) is 13.8 Å². The summed E-state index contributed by atoms with van der Waals surface area (Å²) < 4.78 is 7.43. The fraction of sp³-hybridized carbons (Fsp3) is 0.556. The van der Waals surface area contributed by atoms with Crippen LogP contribution in [-0.4, -0.2) is 53.5 Å². The highest BCUT2D eigenvalue weighted by molar-refractivity contribution is 7.80. The van der Waals surface area contributed by atoms with Crippen molar-refractivity contribution >= 4 is 46.1 Å². The summed E-state index contributed by atoms with van der Waals surface area (Å²) in [4.78, 5) is 0. The molecule has 10 heteroatoms. The van der Waals surface area contributed by atoms with Crippen molar-refractivity contribution in [2.24, 2.45) is 10.2 Å². The van der Waals surface area contributed by atoms with Crippen LogP contribution in [0.1, 0.15) is 37.2 Å². The minimum atomic E-state index is 0.430. The van der Waals surface area contributed by atoms with Gasteiger partial charge in [0.15, 0.2) is 10.2 Å². The van der Waals surface area contributed by atoms with Gasteiger partial charge in [-0.1, -0.05) is 0 Å². The van der Waals surface area contributed by atoms with Gasteiger partial charge in [0.2, 0.25) is 0 Å². The van der Waals surface area contributed by atoms with Gasteiger partial charge in [0, 0.05) is 50.8 Å². The maximum Gasteiger partial charge on any atom is 0.186 e. The highest BCUT2D eigenvalue weighted by Crippen LogP contribution is 2.17. The summed E-state index contributed by atoms with van der Waals surface area (Å²) in [7, 11) is 3.45. The third-order valence-electron chi connectivity index (χ3n) is 4.06. The van der Waals surface area contributed by atoms with Crippen molar-refractivity contribution in [3.05, 3.63) is 23.0 Å². The van der Waals surface area contributed by atoms with Crippen LogP contribution in [0.3, 0.4) is 0 Å². The summed E-state index contributed by atoms with van der Waals surface area (Å²) in [6.45, 7) is 10.3. The Balaban J connectivity index is 3.24. The molecule has 4 N–H and O–H groups in total. The van der Waals surface area contributed by atoms with Gasteiger partial charge in [-0.25, -0.2) is 0 Å². The predicted molar refractivity (Wildman–Crippen MR) is 124 cm³/mol. The number of methoxy groups -OCH3 is 1. The maximum absolute atomic E-state index is 5.23. The number of hydrazone groups is 2. The summed E-state index contributed by atoms with van der Waals surface area (Å²) in [5.74, 6) is 0. The van der Waals surface area contributed by atoms with Crippen LogP contribution >= 0.6 is 24.4 Å². The molecule has 0 unspecified atom stereocenters. The van der Waals surface area contributed by atoms with E-state index in [1.807, 2.05) is 13.8 Å². The van der Waals surface area contributed by atoms with E-state index in [1.54, 1.807) is 14.2 Å². The molecule has 0 aliphatic carbocycles. The summed E-state index contributed by atoms with van der Waals surface area (Å²) in [6.07, 6.45) is 0.937. The van der Waals surface area contributed by atoms with E-state index < -0.39 is 0 Å². The monoisotopic (exact) mass is 425 g/mol. The minimum Gasteiger partial charge on any atom is -0.385 e. The predicted octanol–water partition coefficient (Wildman–Crippen LogP) is 1.80. The summed E-state index contributed by atoms with van der Waals surface area (Å²) in [5.41, 5.74) is 10.3. The average Bonchev–Trinajstić information content (AvgIpc) is 2.94. The summed E-state index contributed by atoms with van der Waals surface area (Å²) >= 11 is 10.3. The van der Waals surface area contributed by atoms with Crippen LogP contribution < -0.4 is 21.5 Å². The second-order valence-corrected chi connectivity index (χ2v) is 6.92. The van der Waals surface area contributed by atoms with Gasteiger partial charge in [-0.05, 0) is 64.6 Å². The highest BCUT2D eigenvalue weighted by Gasteiger charge is 2.17. The van der Waals surface area contributed by atoms with E-state index in [9.17, 15) is 0 Å². The van der Waals surface area contributed by atoms with E-state index in [1.165, 1.54) is 0 Å². The van der Waals surface area contributed by atoms with Crippen molar-refractivity contribution in [3.63, 3.8) is 0 Å². The van der Waals surface area contributed by atoms with Crippen molar-refractivity contribution in [2.75, 3.05) is 27.3 Å². The molecule has 0 saturated heterocycles. The number of thiocarbonyl (C=S) groups is 2. The molecule has 0 bridgehead atoms. The van der Waals surface area contributed by atoms with Gasteiger partial charge in [0.1, 0.15) is 5.71 Å². The quantitative estimate of drug-likeness (QED) is 0.208. The number of hydrogen-bond donors (Lipinski definition) is 4. The molecule has 0 aromatic carbocycles. The first-order chi connectivity index (χ1) is 13.3. The molecule has 0 fully saturated rings. The van der Waals surface area contributed by atoms with Crippen LogP contribution in [0.2, 0.25) is 0 Å². The lowest BCUT2D eigenvalue weighted by Gasteiger charge is -2.12. The molecule has 8 nitrogen and oxygen atoms in total. The molecule has 1 heterocycles. The van der Waals surface area contributed by atoms with Crippen LogP contribution in [0.4, 0.5) is 0 Å². The number of aryl methyl sites for hydroxylation is 1. The molecule has 0 aliphatic heterocycles. The smallest absolute Gasteiger partial charge is 0.186 e. The Kier molecular flexibility index (Phi) is 10.6. The second-order valence-electron chi connectivity index (χ2n) is 6.10. The van der Waals surface area contributed by atoms with E-state index in [0.717, 1.165) is 43.1 Å². The molecule has 0 radical (unpaired) electrons. The molecule has 0 atom stereocenters. The third-order valence-corrected chi connectivity index (χ3v) is 4.59. The van der Waals surface area contributed by atoms with Crippen LogP contribution in [0.25, 0.3) is 0 Å². The second kappa shape index (κ2) is 12.4. The molecule has 0 saturated carbocycles. The van der Waals surface area contributed by atoms with Crippen molar-refractivity contribution in [1.29, 1.82) is 0 Å². The number of rotatable bonds is 9. The van der Waals surface area contributed by atoms with Crippen molar-refractivity contribution in [2.45, 2.75) is 40.7 Å². The molecule has 0 spiro atoms. The van der Waals surface area contributed by atoms with Crippen molar-refractivity contribution in [3.8, 4) is 0 Å². The van der Waals surface area contributed by atoms with Gasteiger partial charge in [0.05, 0.1) is 5.71 Å². The fourth-order valence-corrected chi connectivity index (χ4v) is 2.87. The molecular formula is C18H31N7OS2. The molecule has 1 rings (SSSR count). The Labute approximate surface area is 178 Å². The topological polar surface area (TPSA) is 87.0 Å². The summed E-state index contributed by atoms with van der Waals surface area (Å²) in [5, 5.41) is 15.6. The first-order valence-corrected chi connectivity index (χ1v) is 9.97. The van der Waals surface area contributed by atoms with Crippen LogP contribution in [-0.2, 0) is 11.3 Å². The SMILES string of the molecule is CCNC(=S)N/N=C(/C(C)=N/NC(=S)NC)c1cc(C)n(CCCOC)c1C. The van der Waals surface area contributed by atoms with Gasteiger partial charge in [0.25, 0.3) is 0 Å². The minimum absolute atomic E-state index is 0.430. The highest BCUT2D eigenvalue weighted by atomic mass is 32.1. The lowest BCUT2D eigenvalue weighted by atomic mass is 10.1. The number of aromatic nitrogens is 1. The Morgan fingerprint density at radius 1 is 1.18 bits per heavy atom. The summed E-state index contributed by atoms with van der Waals surface area (Å²) in [6, 6.07) is 2.11. The van der Waals surface area contributed by atoms with Gasteiger partial charge < -0.3 is 19.9 Å². The van der Waals surface area contributed by atoms with Gasteiger partial charge in [-0.2, -0.15) is 10.2 Å². The first kappa shape index (κ1) is 24.0. The Morgan fingerprint density at radius 2 is 1.86 bits per heavy atom. The lowest BCUT2D eigenvalue weighted by Crippen LogP contribution is -2.34. The largest absolute Gasteiger partial charge is 0.385 e. The van der Waals surface area contributed by atoms with Gasteiger partial charge in [-0.15, -0.1) is 0 Å². The van der Waals surface area contributed by atoms with Gasteiger partial charge >= 0.3 is 0 Å². The van der Waals surface area contributed by atoms with Gasteiger partial charge in [-0.3, -0.25) is 10.9 Å². The lowest BCUT2D eigenvalue weighted by molar-refractivity contribution is 0.190. The normalized spacial score (nSPS) is 11.9. The molecule has 1 aromatic heterocycles. The molecular weight excluding hydrogens is 394 g/mol. The van der Waals surface area contributed by atoms with E-state index in [4.69, 9.17) is 29.2 Å². The fourth-order valence-electron chi connectivity index (χ4n) is 2.64. The third kappa shape index (κ3) is 7.17. The van der Waals surface area contributed by atoms with Crippen molar-refractivity contribution in [1.82, 2.24) is 26.1 Å². The standard InChI is InChI=1S/C18H31N7OS2/c1-7-20-18(28)24-22-16(13(3)21-23-17(27)19-5)15-11-12(2)25(14(15)4)9-8-10-26-6/h11H,7-10H2,1-6H3,(H2,19,23,27)(H2,20,24,28)/b21-13+,22-16-. The number of ether oxygens (including phenoxy) is 1. The molecule has 28 heavy (non-hydrogen) atoms. The first-order valence-electron chi connectivity index (χ1n) is 9.15. The Morgan fingerprint density at radius 3 is 2.46 bits per heavy atom. The van der Waals surface area contributed by atoms with Crippen LogP contribution in [0.15, 0.2) is 16.3 Å². The maximum atomic E-state index is 5.23. The zero-order valence-corrected chi connectivity index (χ0v) is 19.1.